The number of hydrogen-bond acceptors (Lipinski definition) is 3. The van der Waals surface area contributed by atoms with Gasteiger partial charge in [-0.2, -0.15) is 5.10 Å². The first-order valence-corrected chi connectivity index (χ1v) is 6.06. The van der Waals surface area contributed by atoms with Crippen molar-refractivity contribution in [2.45, 2.75) is 52.2 Å². The zero-order valence-corrected chi connectivity index (χ0v) is 11.8. The molecule has 4 nitrogen and oxygen atoms in total. The fourth-order valence-electron chi connectivity index (χ4n) is 1.80. The van der Waals surface area contributed by atoms with E-state index in [1.807, 2.05) is 17.9 Å². The molecular weight excluding hydrogens is 214 g/mol. The van der Waals surface area contributed by atoms with Crippen LogP contribution < -0.4 is 5.32 Å². The van der Waals surface area contributed by atoms with E-state index in [1.54, 1.807) is 13.8 Å². The third-order valence-electron chi connectivity index (χ3n) is 2.49. The van der Waals surface area contributed by atoms with Gasteiger partial charge in [0.05, 0.1) is 11.3 Å². The normalized spacial score (nSPS) is 13.1. The molecule has 0 aliphatic heterocycles. The van der Waals surface area contributed by atoms with Crippen LogP contribution in [-0.4, -0.2) is 27.0 Å². The smallest absolute Gasteiger partial charge is 0.0722 e. The number of hydrogen-bond donors (Lipinski definition) is 2. The number of aromatic nitrogens is 2. The lowest BCUT2D eigenvalue weighted by atomic mass is 9.89. The highest BCUT2D eigenvalue weighted by atomic mass is 16.3. The summed E-state index contributed by atoms with van der Waals surface area (Å²) in [5.41, 5.74) is 1.68. The van der Waals surface area contributed by atoms with E-state index < -0.39 is 5.60 Å². The number of rotatable bonds is 4. The van der Waals surface area contributed by atoms with E-state index in [2.05, 4.69) is 31.2 Å². The van der Waals surface area contributed by atoms with Crippen LogP contribution in [0.1, 0.15) is 45.9 Å². The van der Waals surface area contributed by atoms with Gasteiger partial charge < -0.3 is 10.4 Å². The summed E-state index contributed by atoms with van der Waals surface area (Å²) in [6.45, 7) is 11.4. The molecule has 0 spiro atoms. The Kier molecular flexibility index (Phi) is 3.99. The van der Waals surface area contributed by atoms with E-state index >= 15 is 0 Å². The molecule has 1 heterocycles. The third-order valence-corrected chi connectivity index (χ3v) is 2.49. The summed E-state index contributed by atoms with van der Waals surface area (Å²) in [5, 5.41) is 17.4. The Bertz CT molecular complexity index is 369. The summed E-state index contributed by atoms with van der Waals surface area (Å²) >= 11 is 0. The maximum Gasteiger partial charge on any atom is 0.0722 e. The van der Waals surface area contributed by atoms with E-state index in [-0.39, 0.29) is 5.41 Å². The van der Waals surface area contributed by atoms with Crippen molar-refractivity contribution in [1.82, 2.24) is 15.1 Å². The van der Waals surface area contributed by atoms with Crippen molar-refractivity contribution in [2.75, 3.05) is 6.54 Å². The van der Waals surface area contributed by atoms with Gasteiger partial charge in [0.1, 0.15) is 0 Å². The summed E-state index contributed by atoms with van der Waals surface area (Å²) in [5.74, 6) is 0. The molecule has 0 saturated carbocycles. The van der Waals surface area contributed by atoms with Gasteiger partial charge in [0.15, 0.2) is 0 Å². The molecule has 0 amide bonds. The van der Waals surface area contributed by atoms with Crippen LogP contribution in [0.2, 0.25) is 0 Å². The average molecular weight is 239 g/mol. The van der Waals surface area contributed by atoms with Crippen molar-refractivity contribution in [1.29, 1.82) is 0 Å². The Morgan fingerprint density at radius 3 is 2.35 bits per heavy atom. The molecule has 4 heteroatoms. The Morgan fingerprint density at radius 1 is 1.29 bits per heavy atom. The van der Waals surface area contributed by atoms with Gasteiger partial charge in [0.2, 0.25) is 0 Å². The second-order valence-electron chi connectivity index (χ2n) is 6.34. The van der Waals surface area contributed by atoms with E-state index in [0.29, 0.717) is 6.54 Å². The lowest BCUT2D eigenvalue weighted by molar-refractivity contribution is 0.0794. The fourth-order valence-corrected chi connectivity index (χ4v) is 1.80. The maximum atomic E-state index is 9.65. The standard InChI is InChI=1S/C13H25N3O/c1-12(2,3)11-10(8-16(6)15-11)7-14-9-13(4,5)17/h8,14,17H,7,9H2,1-6H3. The van der Waals surface area contributed by atoms with E-state index in [9.17, 15) is 5.11 Å². The van der Waals surface area contributed by atoms with Gasteiger partial charge in [-0.1, -0.05) is 20.8 Å². The summed E-state index contributed by atoms with van der Waals surface area (Å²) in [7, 11) is 1.94. The zero-order chi connectivity index (χ0) is 13.3. The van der Waals surface area contributed by atoms with Crippen LogP contribution in [0.25, 0.3) is 0 Å². The molecule has 1 rings (SSSR count). The second kappa shape index (κ2) is 4.78. The Hall–Kier alpha value is -0.870. The quantitative estimate of drug-likeness (QED) is 0.838. The van der Waals surface area contributed by atoms with Crippen molar-refractivity contribution in [2.24, 2.45) is 7.05 Å². The van der Waals surface area contributed by atoms with Crippen LogP contribution in [0.5, 0.6) is 0 Å². The van der Waals surface area contributed by atoms with Crippen LogP contribution >= 0.6 is 0 Å². The minimum absolute atomic E-state index is 0.0486. The van der Waals surface area contributed by atoms with Crippen molar-refractivity contribution < 1.29 is 5.11 Å². The molecule has 1 aromatic heterocycles. The van der Waals surface area contributed by atoms with Crippen LogP contribution in [-0.2, 0) is 19.0 Å². The van der Waals surface area contributed by atoms with E-state index in [1.165, 1.54) is 5.56 Å². The molecule has 0 aliphatic rings. The SMILES string of the molecule is Cn1cc(CNCC(C)(C)O)c(C(C)(C)C)n1. The topological polar surface area (TPSA) is 50.1 Å². The summed E-state index contributed by atoms with van der Waals surface area (Å²) in [4.78, 5) is 0. The molecule has 0 radical (unpaired) electrons. The zero-order valence-electron chi connectivity index (χ0n) is 11.8. The molecule has 0 atom stereocenters. The Morgan fingerprint density at radius 2 is 1.88 bits per heavy atom. The minimum Gasteiger partial charge on any atom is -0.389 e. The summed E-state index contributed by atoms with van der Waals surface area (Å²) < 4.78 is 1.85. The molecule has 17 heavy (non-hydrogen) atoms. The molecule has 98 valence electrons. The number of nitrogens with one attached hydrogen (secondary N) is 1. The lowest BCUT2D eigenvalue weighted by Crippen LogP contribution is -2.34. The molecule has 0 bridgehead atoms. The van der Waals surface area contributed by atoms with Crippen molar-refractivity contribution in [3.05, 3.63) is 17.5 Å². The predicted octanol–water partition coefficient (Wildman–Crippen LogP) is 1.58. The Labute approximate surface area is 104 Å². The van der Waals surface area contributed by atoms with Gasteiger partial charge in [0.25, 0.3) is 0 Å². The van der Waals surface area contributed by atoms with Gasteiger partial charge in [-0.3, -0.25) is 4.68 Å². The summed E-state index contributed by atoms with van der Waals surface area (Å²) in [6, 6.07) is 0. The third kappa shape index (κ3) is 4.48. The van der Waals surface area contributed by atoms with Crippen molar-refractivity contribution >= 4 is 0 Å². The first-order chi connectivity index (χ1) is 7.59. The van der Waals surface area contributed by atoms with Gasteiger partial charge in [-0.15, -0.1) is 0 Å². The monoisotopic (exact) mass is 239 g/mol. The molecule has 1 aromatic rings. The van der Waals surface area contributed by atoms with Gasteiger partial charge in [-0.25, -0.2) is 0 Å². The Balaban J connectivity index is 2.71. The molecule has 0 aliphatic carbocycles. The number of aryl methyl sites for hydroxylation is 1. The van der Waals surface area contributed by atoms with Gasteiger partial charge in [0, 0.05) is 37.3 Å². The molecule has 0 fully saturated rings. The first-order valence-electron chi connectivity index (χ1n) is 6.06. The van der Waals surface area contributed by atoms with E-state index in [0.717, 1.165) is 12.2 Å². The highest BCUT2D eigenvalue weighted by Gasteiger charge is 2.22. The summed E-state index contributed by atoms with van der Waals surface area (Å²) in [6.07, 6.45) is 2.04. The molecule has 0 unspecified atom stereocenters. The predicted molar refractivity (Wildman–Crippen MR) is 69.9 cm³/mol. The van der Waals surface area contributed by atoms with Crippen LogP contribution in [0.4, 0.5) is 0 Å². The fraction of sp³-hybridized carbons (Fsp3) is 0.769. The molecule has 2 N–H and O–H groups in total. The number of nitrogens with zero attached hydrogens (tertiary/aromatic N) is 2. The largest absolute Gasteiger partial charge is 0.389 e. The van der Waals surface area contributed by atoms with Crippen molar-refractivity contribution in [3.8, 4) is 0 Å². The molecule has 0 aromatic carbocycles. The first kappa shape index (κ1) is 14.2. The molecular formula is C13H25N3O. The average Bonchev–Trinajstić information content (AvgIpc) is 2.43. The van der Waals surface area contributed by atoms with Gasteiger partial charge in [-0.05, 0) is 13.8 Å². The minimum atomic E-state index is -0.676. The number of aliphatic hydroxyl groups is 1. The van der Waals surface area contributed by atoms with Crippen LogP contribution in [0.3, 0.4) is 0 Å². The van der Waals surface area contributed by atoms with E-state index in [4.69, 9.17) is 0 Å². The second-order valence-corrected chi connectivity index (χ2v) is 6.34. The maximum absolute atomic E-state index is 9.65. The van der Waals surface area contributed by atoms with Crippen molar-refractivity contribution in [3.63, 3.8) is 0 Å². The highest BCUT2D eigenvalue weighted by molar-refractivity contribution is 5.23. The molecule has 0 saturated heterocycles. The van der Waals surface area contributed by atoms with Gasteiger partial charge >= 0.3 is 0 Å². The highest BCUT2D eigenvalue weighted by Crippen LogP contribution is 2.23. The van der Waals surface area contributed by atoms with Crippen LogP contribution in [0.15, 0.2) is 6.20 Å². The lowest BCUT2D eigenvalue weighted by Gasteiger charge is -2.20. The van der Waals surface area contributed by atoms with Crippen LogP contribution in [0, 0.1) is 0 Å².